The zero-order valence-electron chi connectivity index (χ0n) is 5.86. The van der Waals surface area contributed by atoms with Crippen LogP contribution in [0.3, 0.4) is 0 Å². The van der Waals surface area contributed by atoms with Crippen LogP contribution in [-0.4, -0.2) is 20.3 Å². The van der Waals surface area contributed by atoms with Gasteiger partial charge in [-0.1, -0.05) is 0 Å². The molecule has 0 saturated heterocycles. The molecule has 0 aliphatic rings. The van der Waals surface area contributed by atoms with Crippen molar-refractivity contribution in [3.8, 4) is 5.75 Å². The number of hydrogen-bond donors (Lipinski definition) is 3. The van der Waals surface area contributed by atoms with Gasteiger partial charge in [0.25, 0.3) is 0 Å². The first-order chi connectivity index (χ1) is 5.27. The van der Waals surface area contributed by atoms with Crippen molar-refractivity contribution in [2.75, 3.05) is 0 Å². The second-order valence-electron chi connectivity index (χ2n) is 2.12. The second kappa shape index (κ2) is 3.32. The molecule has 1 rings (SSSR count). The Morgan fingerprint density at radius 2 is 2.00 bits per heavy atom. The van der Waals surface area contributed by atoms with Gasteiger partial charge in [0.05, 0.1) is 25.1 Å². The summed E-state index contributed by atoms with van der Waals surface area (Å²) in [6.07, 6.45) is 1.23. The molecule has 0 aliphatic carbocycles. The van der Waals surface area contributed by atoms with Crippen molar-refractivity contribution < 1.29 is 15.3 Å². The van der Waals surface area contributed by atoms with E-state index in [1.54, 1.807) is 0 Å². The lowest BCUT2D eigenvalue weighted by molar-refractivity contribution is 0.255. The average molecular weight is 155 g/mol. The minimum atomic E-state index is -0.226. The number of aromatic nitrogens is 1. The molecule has 4 nitrogen and oxygen atoms in total. The number of rotatable bonds is 2. The summed E-state index contributed by atoms with van der Waals surface area (Å²) in [5.41, 5.74) is 0.845. The Morgan fingerprint density at radius 3 is 2.55 bits per heavy atom. The smallest absolute Gasteiger partial charge is 0.134 e. The first-order valence-corrected chi connectivity index (χ1v) is 3.16. The summed E-state index contributed by atoms with van der Waals surface area (Å²) in [5.74, 6) is -0.00810. The number of pyridine rings is 1. The van der Waals surface area contributed by atoms with Gasteiger partial charge in [-0.2, -0.15) is 0 Å². The van der Waals surface area contributed by atoms with Crippen LogP contribution in [-0.2, 0) is 13.2 Å². The van der Waals surface area contributed by atoms with Crippen LogP contribution in [0.25, 0.3) is 0 Å². The molecular formula is C7H9NO3. The lowest BCUT2D eigenvalue weighted by Crippen LogP contribution is -1.96. The van der Waals surface area contributed by atoms with E-state index in [0.717, 1.165) is 0 Å². The van der Waals surface area contributed by atoms with E-state index < -0.39 is 0 Å². The van der Waals surface area contributed by atoms with Crippen molar-refractivity contribution in [1.29, 1.82) is 0 Å². The highest BCUT2D eigenvalue weighted by Crippen LogP contribution is 2.13. The van der Waals surface area contributed by atoms with Crippen molar-refractivity contribution in [3.05, 3.63) is 23.5 Å². The molecule has 0 amide bonds. The normalized spacial score (nSPS) is 10.0. The van der Waals surface area contributed by atoms with Gasteiger partial charge in [0.15, 0.2) is 0 Å². The predicted molar refractivity (Wildman–Crippen MR) is 37.7 cm³/mol. The molecule has 0 saturated carbocycles. The number of aromatic hydroxyl groups is 1. The molecule has 0 unspecified atom stereocenters. The highest BCUT2D eigenvalue weighted by Gasteiger charge is 2.01. The van der Waals surface area contributed by atoms with E-state index in [1.807, 2.05) is 0 Å². The summed E-state index contributed by atoms with van der Waals surface area (Å²) < 4.78 is 0. The standard InChI is InChI=1S/C7H9NO3/c9-3-5-1-6(11)2-8-7(5)4-10/h1-2,9-11H,3-4H2. The van der Waals surface area contributed by atoms with Crippen molar-refractivity contribution in [3.63, 3.8) is 0 Å². The highest BCUT2D eigenvalue weighted by molar-refractivity contribution is 5.27. The van der Waals surface area contributed by atoms with Crippen LogP contribution in [0.1, 0.15) is 11.3 Å². The summed E-state index contributed by atoms with van der Waals surface area (Å²) in [5, 5.41) is 26.3. The topological polar surface area (TPSA) is 73.6 Å². The average Bonchev–Trinajstić information content (AvgIpc) is 2.04. The van der Waals surface area contributed by atoms with Gasteiger partial charge in [0.1, 0.15) is 5.75 Å². The highest BCUT2D eigenvalue weighted by atomic mass is 16.3. The van der Waals surface area contributed by atoms with Crippen molar-refractivity contribution in [2.45, 2.75) is 13.2 Å². The van der Waals surface area contributed by atoms with Gasteiger partial charge in [-0.3, -0.25) is 4.98 Å². The maximum atomic E-state index is 8.91. The summed E-state index contributed by atoms with van der Waals surface area (Å²) in [6.45, 7) is -0.451. The van der Waals surface area contributed by atoms with Crippen LogP contribution in [0.4, 0.5) is 0 Å². The minimum absolute atomic E-state index is 0.00810. The Kier molecular flexibility index (Phi) is 2.40. The van der Waals surface area contributed by atoms with Crippen LogP contribution in [0.2, 0.25) is 0 Å². The molecule has 3 N–H and O–H groups in total. The monoisotopic (exact) mass is 155 g/mol. The molecular weight excluding hydrogens is 146 g/mol. The van der Waals surface area contributed by atoms with E-state index in [-0.39, 0.29) is 19.0 Å². The summed E-state index contributed by atoms with van der Waals surface area (Å²) in [4.78, 5) is 3.71. The summed E-state index contributed by atoms with van der Waals surface area (Å²) in [7, 11) is 0. The molecule has 1 aromatic rings. The maximum absolute atomic E-state index is 8.91. The van der Waals surface area contributed by atoms with Gasteiger partial charge in [0.2, 0.25) is 0 Å². The van der Waals surface area contributed by atoms with Crippen LogP contribution >= 0.6 is 0 Å². The quantitative estimate of drug-likeness (QED) is 0.551. The van der Waals surface area contributed by atoms with E-state index in [0.29, 0.717) is 11.3 Å². The molecule has 60 valence electrons. The van der Waals surface area contributed by atoms with E-state index in [9.17, 15) is 0 Å². The van der Waals surface area contributed by atoms with Gasteiger partial charge < -0.3 is 15.3 Å². The Balaban J connectivity index is 3.06. The third kappa shape index (κ3) is 1.66. The number of aliphatic hydroxyl groups is 2. The Hall–Kier alpha value is -1.13. The molecule has 0 aliphatic heterocycles. The van der Waals surface area contributed by atoms with Crippen LogP contribution in [0.15, 0.2) is 12.3 Å². The van der Waals surface area contributed by atoms with Gasteiger partial charge >= 0.3 is 0 Å². The molecule has 1 aromatic heterocycles. The zero-order chi connectivity index (χ0) is 8.27. The molecule has 1 heterocycles. The minimum Gasteiger partial charge on any atom is -0.506 e. The molecule has 0 bridgehead atoms. The molecule has 0 atom stereocenters. The molecule has 4 heteroatoms. The Morgan fingerprint density at radius 1 is 1.27 bits per heavy atom. The van der Waals surface area contributed by atoms with Gasteiger partial charge in [0, 0.05) is 5.56 Å². The fraction of sp³-hybridized carbons (Fsp3) is 0.286. The van der Waals surface area contributed by atoms with Crippen molar-refractivity contribution >= 4 is 0 Å². The SMILES string of the molecule is OCc1cc(O)cnc1CO. The first kappa shape index (κ1) is 7.97. The lowest BCUT2D eigenvalue weighted by Gasteiger charge is -2.02. The van der Waals surface area contributed by atoms with Crippen molar-refractivity contribution in [2.24, 2.45) is 0 Å². The summed E-state index contributed by atoms with van der Waals surface area (Å²) >= 11 is 0. The summed E-state index contributed by atoms with van der Waals surface area (Å²) in [6, 6.07) is 1.37. The Bertz CT molecular complexity index is 249. The van der Waals surface area contributed by atoms with E-state index in [1.165, 1.54) is 12.3 Å². The molecule has 0 spiro atoms. The van der Waals surface area contributed by atoms with Gasteiger partial charge in [-0.15, -0.1) is 0 Å². The van der Waals surface area contributed by atoms with E-state index in [4.69, 9.17) is 15.3 Å². The number of aliphatic hydroxyl groups excluding tert-OH is 2. The fourth-order valence-electron chi connectivity index (χ4n) is 0.805. The van der Waals surface area contributed by atoms with E-state index in [2.05, 4.69) is 4.98 Å². The zero-order valence-corrected chi connectivity index (χ0v) is 5.86. The van der Waals surface area contributed by atoms with Crippen LogP contribution in [0, 0.1) is 0 Å². The van der Waals surface area contributed by atoms with Crippen molar-refractivity contribution in [1.82, 2.24) is 4.98 Å². The van der Waals surface area contributed by atoms with Crippen LogP contribution in [0.5, 0.6) is 5.75 Å². The molecule has 11 heavy (non-hydrogen) atoms. The van der Waals surface area contributed by atoms with Gasteiger partial charge in [-0.25, -0.2) is 0 Å². The predicted octanol–water partition coefficient (Wildman–Crippen LogP) is -0.228. The van der Waals surface area contributed by atoms with Gasteiger partial charge in [-0.05, 0) is 6.07 Å². The maximum Gasteiger partial charge on any atom is 0.134 e. The molecule has 0 radical (unpaired) electrons. The lowest BCUT2D eigenvalue weighted by atomic mass is 10.2. The Labute approximate surface area is 63.8 Å². The third-order valence-electron chi connectivity index (χ3n) is 1.37. The van der Waals surface area contributed by atoms with E-state index >= 15 is 0 Å². The molecule has 0 aromatic carbocycles. The molecule has 0 fully saturated rings. The largest absolute Gasteiger partial charge is 0.506 e. The fourth-order valence-corrected chi connectivity index (χ4v) is 0.805. The number of nitrogens with zero attached hydrogens (tertiary/aromatic N) is 1. The third-order valence-corrected chi connectivity index (χ3v) is 1.37. The van der Waals surface area contributed by atoms with Crippen LogP contribution < -0.4 is 0 Å². The second-order valence-corrected chi connectivity index (χ2v) is 2.12. The number of hydrogen-bond acceptors (Lipinski definition) is 4. The first-order valence-electron chi connectivity index (χ1n) is 3.16.